The molecule has 0 aliphatic rings. The monoisotopic (exact) mass is 334 g/mol. The zero-order valence-electron chi connectivity index (χ0n) is 9.80. The maximum Gasteiger partial charge on any atom is 0.134 e. The predicted molar refractivity (Wildman–Crippen MR) is 79.0 cm³/mol. The third-order valence-electron chi connectivity index (χ3n) is 2.35. The molecular weight excluding hydrogens is 329 g/mol. The first-order chi connectivity index (χ1) is 9.47. The van der Waals surface area contributed by atoms with Gasteiger partial charge in [0.05, 0.1) is 21.9 Å². The second-order valence-corrected chi connectivity index (χ2v) is 5.03. The SMILES string of the molecule is Fc1ccc(/C=N/Nc2c(Cl)cc(Cl)cc2Cl)c(F)c1. The van der Waals surface area contributed by atoms with E-state index in [9.17, 15) is 8.78 Å². The summed E-state index contributed by atoms with van der Waals surface area (Å²) in [5, 5.41) is 4.75. The van der Waals surface area contributed by atoms with Gasteiger partial charge in [-0.15, -0.1) is 0 Å². The third-order valence-corrected chi connectivity index (χ3v) is 3.16. The number of hydrazone groups is 1. The fraction of sp³-hybridized carbons (Fsp3) is 0. The van der Waals surface area contributed by atoms with Gasteiger partial charge in [-0.2, -0.15) is 5.10 Å². The third kappa shape index (κ3) is 3.60. The fourth-order valence-electron chi connectivity index (χ4n) is 1.42. The number of halogens is 5. The molecule has 1 N–H and O–H groups in total. The second kappa shape index (κ2) is 6.39. The number of hydrogen-bond donors (Lipinski definition) is 1. The number of nitrogens with zero attached hydrogens (tertiary/aromatic N) is 1. The second-order valence-electron chi connectivity index (χ2n) is 3.78. The molecule has 0 aliphatic carbocycles. The zero-order valence-corrected chi connectivity index (χ0v) is 12.1. The Morgan fingerprint density at radius 1 is 1.00 bits per heavy atom. The molecule has 0 atom stereocenters. The number of nitrogens with one attached hydrogen (secondary N) is 1. The van der Waals surface area contributed by atoms with Crippen molar-refractivity contribution in [3.8, 4) is 0 Å². The van der Waals surface area contributed by atoms with E-state index in [1.165, 1.54) is 24.4 Å². The molecule has 20 heavy (non-hydrogen) atoms. The van der Waals surface area contributed by atoms with Gasteiger partial charge >= 0.3 is 0 Å². The normalized spacial score (nSPS) is 11.1. The molecular formula is C13H7Cl3F2N2. The van der Waals surface area contributed by atoms with Crippen molar-refractivity contribution in [1.82, 2.24) is 0 Å². The van der Waals surface area contributed by atoms with Crippen LogP contribution in [-0.2, 0) is 0 Å². The fourth-order valence-corrected chi connectivity index (χ4v) is 2.32. The van der Waals surface area contributed by atoms with Gasteiger partial charge in [0, 0.05) is 16.7 Å². The molecule has 104 valence electrons. The maximum atomic E-state index is 13.4. The molecule has 0 fully saturated rings. The lowest BCUT2D eigenvalue weighted by Gasteiger charge is -2.06. The highest BCUT2D eigenvalue weighted by molar-refractivity contribution is 6.41. The molecule has 0 amide bonds. The number of benzene rings is 2. The molecule has 0 aromatic heterocycles. The summed E-state index contributed by atoms with van der Waals surface area (Å²) in [5.41, 5.74) is 3.05. The molecule has 0 aliphatic heterocycles. The van der Waals surface area contributed by atoms with Crippen LogP contribution in [0.25, 0.3) is 0 Å². The molecule has 0 saturated heterocycles. The minimum atomic E-state index is -0.719. The molecule has 0 saturated carbocycles. The first-order valence-electron chi connectivity index (χ1n) is 5.36. The molecule has 2 aromatic carbocycles. The lowest BCUT2D eigenvalue weighted by atomic mass is 10.2. The predicted octanol–water partition coefficient (Wildman–Crippen LogP) is 5.37. The highest BCUT2D eigenvalue weighted by Gasteiger charge is 2.07. The van der Waals surface area contributed by atoms with Crippen LogP contribution in [0.3, 0.4) is 0 Å². The van der Waals surface area contributed by atoms with Crippen LogP contribution < -0.4 is 5.43 Å². The van der Waals surface area contributed by atoms with Crippen molar-refractivity contribution in [3.05, 3.63) is 62.6 Å². The first-order valence-corrected chi connectivity index (χ1v) is 6.49. The minimum Gasteiger partial charge on any atom is -0.275 e. The van der Waals surface area contributed by atoms with Crippen molar-refractivity contribution in [2.24, 2.45) is 5.10 Å². The summed E-state index contributed by atoms with van der Waals surface area (Å²) in [4.78, 5) is 0. The van der Waals surface area contributed by atoms with Crippen LogP contribution in [0, 0.1) is 11.6 Å². The van der Waals surface area contributed by atoms with Crippen molar-refractivity contribution < 1.29 is 8.78 Å². The Labute approximate surface area is 129 Å². The summed E-state index contributed by atoms with van der Waals surface area (Å²) in [5.74, 6) is -1.37. The van der Waals surface area contributed by atoms with Gasteiger partial charge in [0.25, 0.3) is 0 Å². The molecule has 0 heterocycles. The number of hydrogen-bond acceptors (Lipinski definition) is 2. The summed E-state index contributed by atoms with van der Waals surface area (Å²) in [6.45, 7) is 0. The summed E-state index contributed by atoms with van der Waals surface area (Å²) in [6, 6.07) is 6.15. The molecule has 2 rings (SSSR count). The highest BCUT2D eigenvalue weighted by atomic mass is 35.5. The lowest BCUT2D eigenvalue weighted by Crippen LogP contribution is -1.95. The van der Waals surface area contributed by atoms with E-state index in [-0.39, 0.29) is 15.6 Å². The average molecular weight is 336 g/mol. The van der Waals surface area contributed by atoms with Crippen LogP contribution >= 0.6 is 34.8 Å². The molecule has 7 heteroatoms. The van der Waals surface area contributed by atoms with Crippen LogP contribution in [-0.4, -0.2) is 6.21 Å². The van der Waals surface area contributed by atoms with E-state index in [1.54, 1.807) is 0 Å². The molecule has 0 unspecified atom stereocenters. The summed E-state index contributed by atoms with van der Waals surface area (Å²) < 4.78 is 26.1. The highest BCUT2D eigenvalue weighted by Crippen LogP contribution is 2.33. The van der Waals surface area contributed by atoms with E-state index in [2.05, 4.69) is 10.5 Å². The first kappa shape index (κ1) is 15.0. The van der Waals surface area contributed by atoms with Gasteiger partial charge < -0.3 is 0 Å². The summed E-state index contributed by atoms with van der Waals surface area (Å²) in [7, 11) is 0. The smallest absolute Gasteiger partial charge is 0.134 e. The maximum absolute atomic E-state index is 13.4. The van der Waals surface area contributed by atoms with E-state index in [0.29, 0.717) is 10.7 Å². The van der Waals surface area contributed by atoms with Gasteiger partial charge in [-0.25, -0.2) is 8.78 Å². The Morgan fingerprint density at radius 3 is 2.25 bits per heavy atom. The molecule has 0 spiro atoms. The Balaban J connectivity index is 2.18. The number of anilines is 1. The van der Waals surface area contributed by atoms with E-state index in [4.69, 9.17) is 34.8 Å². The quantitative estimate of drug-likeness (QED) is 0.592. The van der Waals surface area contributed by atoms with Gasteiger partial charge in [-0.1, -0.05) is 34.8 Å². The molecule has 0 bridgehead atoms. The van der Waals surface area contributed by atoms with Gasteiger partial charge in [-0.05, 0) is 24.3 Å². The van der Waals surface area contributed by atoms with Gasteiger partial charge in [-0.3, -0.25) is 5.43 Å². The van der Waals surface area contributed by atoms with Crippen molar-refractivity contribution in [1.29, 1.82) is 0 Å². The molecule has 2 nitrogen and oxygen atoms in total. The molecule has 0 radical (unpaired) electrons. The molecule has 2 aromatic rings. The van der Waals surface area contributed by atoms with Gasteiger partial charge in [0.2, 0.25) is 0 Å². The van der Waals surface area contributed by atoms with Crippen molar-refractivity contribution in [2.75, 3.05) is 5.43 Å². The average Bonchev–Trinajstić information content (AvgIpc) is 2.34. The number of rotatable bonds is 3. The van der Waals surface area contributed by atoms with Crippen LogP contribution in [0.4, 0.5) is 14.5 Å². The van der Waals surface area contributed by atoms with Crippen LogP contribution in [0.15, 0.2) is 35.4 Å². The van der Waals surface area contributed by atoms with E-state index < -0.39 is 11.6 Å². The van der Waals surface area contributed by atoms with E-state index in [1.807, 2.05) is 0 Å². The van der Waals surface area contributed by atoms with Crippen LogP contribution in [0.1, 0.15) is 5.56 Å². The standard InChI is InChI=1S/C13H7Cl3F2N2/c14-8-3-10(15)13(11(16)4-8)20-19-6-7-1-2-9(17)5-12(7)18/h1-6,20H/b19-6+. The minimum absolute atomic E-state index is 0.125. The Kier molecular flexibility index (Phi) is 4.81. The summed E-state index contributed by atoms with van der Waals surface area (Å²) >= 11 is 17.6. The Hall–Kier alpha value is -1.36. The zero-order chi connectivity index (χ0) is 14.7. The largest absolute Gasteiger partial charge is 0.275 e. The van der Waals surface area contributed by atoms with Crippen LogP contribution in [0.5, 0.6) is 0 Å². The topological polar surface area (TPSA) is 24.4 Å². The van der Waals surface area contributed by atoms with Crippen molar-refractivity contribution in [3.63, 3.8) is 0 Å². The lowest BCUT2D eigenvalue weighted by molar-refractivity contribution is 0.582. The van der Waals surface area contributed by atoms with E-state index in [0.717, 1.165) is 12.1 Å². The van der Waals surface area contributed by atoms with Crippen molar-refractivity contribution >= 4 is 46.7 Å². The van der Waals surface area contributed by atoms with Gasteiger partial charge in [0.15, 0.2) is 0 Å². The Bertz CT molecular complexity index is 652. The van der Waals surface area contributed by atoms with Crippen LogP contribution in [0.2, 0.25) is 15.1 Å². The van der Waals surface area contributed by atoms with Gasteiger partial charge in [0.1, 0.15) is 11.6 Å². The summed E-state index contributed by atoms with van der Waals surface area (Å²) in [6.07, 6.45) is 1.19. The Morgan fingerprint density at radius 2 is 1.65 bits per heavy atom. The van der Waals surface area contributed by atoms with E-state index >= 15 is 0 Å². The van der Waals surface area contributed by atoms with Crippen molar-refractivity contribution in [2.45, 2.75) is 0 Å².